The number of hydrogen-bond acceptors (Lipinski definition) is 6. The summed E-state index contributed by atoms with van der Waals surface area (Å²) in [6.45, 7) is 1.79. The number of oxime groups is 1. The van der Waals surface area contributed by atoms with E-state index >= 15 is 0 Å². The zero-order valence-corrected chi connectivity index (χ0v) is 16.8. The Hall–Kier alpha value is -4.26. The first-order valence-electron chi connectivity index (χ1n) is 9.68. The highest BCUT2D eigenvalue weighted by Gasteiger charge is 2.11. The second kappa shape index (κ2) is 9.04. The number of para-hydroxylation sites is 2. The van der Waals surface area contributed by atoms with Gasteiger partial charge in [0.1, 0.15) is 5.75 Å². The standard InChI is InChI=1S/C24H20N4O3/c1-17(18-9-3-2-4-10-18)27-31-16-23-26-21-13-7-6-12-20(21)24(30)28(23)25-15-19-11-5-8-14-22(19)29/h2-15,29H,16H2,1H3/b25-15+,27-17?. The molecule has 0 spiro atoms. The fraction of sp³-hybridized carbons (Fsp3) is 0.0833. The van der Waals surface area contributed by atoms with Gasteiger partial charge in [-0.25, -0.2) is 4.98 Å². The maximum Gasteiger partial charge on any atom is 0.282 e. The highest BCUT2D eigenvalue weighted by Crippen LogP contribution is 2.14. The van der Waals surface area contributed by atoms with Crippen LogP contribution in [-0.2, 0) is 11.4 Å². The third-order valence-corrected chi connectivity index (χ3v) is 4.66. The molecular formula is C24H20N4O3. The number of aromatic nitrogens is 2. The molecule has 7 heteroatoms. The summed E-state index contributed by atoms with van der Waals surface area (Å²) < 4.78 is 1.17. The average molecular weight is 412 g/mol. The minimum Gasteiger partial charge on any atom is -0.507 e. The van der Waals surface area contributed by atoms with Crippen molar-refractivity contribution in [2.24, 2.45) is 10.3 Å². The highest BCUT2D eigenvalue weighted by molar-refractivity contribution is 5.98. The quantitative estimate of drug-likeness (QED) is 0.384. The highest BCUT2D eigenvalue weighted by atomic mass is 16.6. The third kappa shape index (κ3) is 4.51. The molecule has 4 aromatic rings. The van der Waals surface area contributed by atoms with E-state index in [1.54, 1.807) is 42.5 Å². The van der Waals surface area contributed by atoms with Crippen molar-refractivity contribution in [3.8, 4) is 5.75 Å². The van der Waals surface area contributed by atoms with E-state index in [-0.39, 0.29) is 17.9 Å². The fourth-order valence-electron chi connectivity index (χ4n) is 3.02. The minimum absolute atomic E-state index is 0.0532. The molecule has 0 saturated heterocycles. The molecule has 1 aromatic heterocycles. The van der Waals surface area contributed by atoms with Crippen LogP contribution in [-0.4, -0.2) is 26.7 Å². The first kappa shape index (κ1) is 20.0. The Labute approximate surface area is 178 Å². The number of rotatable bonds is 6. The van der Waals surface area contributed by atoms with Gasteiger partial charge in [-0.3, -0.25) is 4.79 Å². The minimum atomic E-state index is -0.334. The molecule has 31 heavy (non-hydrogen) atoms. The topological polar surface area (TPSA) is 89.1 Å². The lowest BCUT2D eigenvalue weighted by molar-refractivity contribution is 0.122. The van der Waals surface area contributed by atoms with Crippen LogP contribution in [0.5, 0.6) is 5.75 Å². The monoisotopic (exact) mass is 412 g/mol. The van der Waals surface area contributed by atoms with Gasteiger partial charge < -0.3 is 9.94 Å². The largest absolute Gasteiger partial charge is 0.507 e. The van der Waals surface area contributed by atoms with Gasteiger partial charge in [-0.05, 0) is 36.8 Å². The smallest absolute Gasteiger partial charge is 0.282 e. The first-order chi connectivity index (χ1) is 15.1. The lowest BCUT2D eigenvalue weighted by atomic mass is 10.1. The van der Waals surface area contributed by atoms with Crippen molar-refractivity contribution in [1.82, 2.24) is 9.66 Å². The summed E-state index contributed by atoms with van der Waals surface area (Å²) in [5.41, 5.74) is 2.33. The molecule has 0 atom stereocenters. The lowest BCUT2D eigenvalue weighted by Gasteiger charge is -2.09. The van der Waals surface area contributed by atoms with Crippen LogP contribution in [0.25, 0.3) is 10.9 Å². The van der Waals surface area contributed by atoms with Crippen molar-refractivity contribution in [1.29, 1.82) is 0 Å². The molecule has 0 unspecified atom stereocenters. The SMILES string of the molecule is CC(=NOCc1nc2ccccc2c(=O)n1/N=C/c1ccccc1O)c1ccccc1. The molecule has 0 fully saturated rings. The summed E-state index contributed by atoms with van der Waals surface area (Å²) in [7, 11) is 0. The van der Waals surface area contributed by atoms with Crippen molar-refractivity contribution in [3.63, 3.8) is 0 Å². The van der Waals surface area contributed by atoms with E-state index in [0.29, 0.717) is 28.0 Å². The van der Waals surface area contributed by atoms with Gasteiger partial charge in [0.2, 0.25) is 0 Å². The van der Waals surface area contributed by atoms with Crippen LogP contribution in [0.4, 0.5) is 0 Å². The van der Waals surface area contributed by atoms with Gasteiger partial charge in [0, 0.05) is 5.56 Å². The lowest BCUT2D eigenvalue weighted by Crippen LogP contribution is -2.22. The van der Waals surface area contributed by atoms with Gasteiger partial charge >= 0.3 is 0 Å². The Morgan fingerprint density at radius 1 is 1.03 bits per heavy atom. The zero-order chi connectivity index (χ0) is 21.6. The molecule has 0 aliphatic rings. The predicted molar refractivity (Wildman–Crippen MR) is 121 cm³/mol. The summed E-state index contributed by atoms with van der Waals surface area (Å²) >= 11 is 0. The first-order valence-corrected chi connectivity index (χ1v) is 9.68. The van der Waals surface area contributed by atoms with Gasteiger partial charge in [0.15, 0.2) is 12.4 Å². The molecule has 0 saturated carbocycles. The maximum absolute atomic E-state index is 13.0. The van der Waals surface area contributed by atoms with Crippen LogP contribution < -0.4 is 5.56 Å². The fourth-order valence-corrected chi connectivity index (χ4v) is 3.02. The maximum atomic E-state index is 13.0. The molecule has 0 radical (unpaired) electrons. The van der Waals surface area contributed by atoms with E-state index in [4.69, 9.17) is 4.84 Å². The Kier molecular flexibility index (Phi) is 5.84. The molecule has 0 bridgehead atoms. The normalized spacial score (nSPS) is 11.8. The Bertz CT molecular complexity index is 1330. The van der Waals surface area contributed by atoms with E-state index < -0.39 is 0 Å². The number of phenolic OH excluding ortho intramolecular Hbond substituents is 1. The number of fused-ring (bicyclic) bond motifs is 1. The van der Waals surface area contributed by atoms with Crippen LogP contribution in [0.2, 0.25) is 0 Å². The van der Waals surface area contributed by atoms with Crippen molar-refractivity contribution in [3.05, 3.63) is 106 Å². The summed E-state index contributed by atoms with van der Waals surface area (Å²) in [6.07, 6.45) is 1.41. The van der Waals surface area contributed by atoms with Crippen LogP contribution in [0.15, 0.2) is 93.9 Å². The van der Waals surface area contributed by atoms with Crippen LogP contribution in [0.3, 0.4) is 0 Å². The molecular weight excluding hydrogens is 392 g/mol. The number of phenols is 1. The number of aromatic hydroxyl groups is 1. The Morgan fingerprint density at radius 2 is 1.74 bits per heavy atom. The Morgan fingerprint density at radius 3 is 2.55 bits per heavy atom. The molecule has 154 valence electrons. The second-order valence-electron chi connectivity index (χ2n) is 6.78. The van der Waals surface area contributed by atoms with Crippen LogP contribution in [0, 0.1) is 0 Å². The molecule has 0 aliphatic carbocycles. The van der Waals surface area contributed by atoms with Gasteiger partial charge in [-0.15, -0.1) is 0 Å². The molecule has 4 rings (SSSR count). The average Bonchev–Trinajstić information content (AvgIpc) is 2.80. The third-order valence-electron chi connectivity index (χ3n) is 4.66. The van der Waals surface area contributed by atoms with Crippen molar-refractivity contribution in [2.45, 2.75) is 13.5 Å². The summed E-state index contributed by atoms with van der Waals surface area (Å²) in [5, 5.41) is 18.8. The summed E-state index contributed by atoms with van der Waals surface area (Å²) in [4.78, 5) is 23.1. The van der Waals surface area contributed by atoms with Gasteiger partial charge in [-0.1, -0.05) is 59.8 Å². The van der Waals surface area contributed by atoms with Crippen LogP contribution >= 0.6 is 0 Å². The van der Waals surface area contributed by atoms with Crippen molar-refractivity contribution in [2.75, 3.05) is 0 Å². The van der Waals surface area contributed by atoms with Crippen molar-refractivity contribution < 1.29 is 9.94 Å². The van der Waals surface area contributed by atoms with E-state index in [9.17, 15) is 9.90 Å². The number of hydrogen-bond donors (Lipinski definition) is 1. The molecule has 0 aliphatic heterocycles. The van der Waals surface area contributed by atoms with E-state index in [1.807, 2.05) is 43.3 Å². The predicted octanol–water partition coefficient (Wildman–Crippen LogP) is 3.93. The molecule has 1 N–H and O–H groups in total. The van der Waals surface area contributed by atoms with E-state index in [0.717, 1.165) is 5.56 Å². The van der Waals surface area contributed by atoms with Gasteiger partial charge in [0.25, 0.3) is 5.56 Å². The zero-order valence-electron chi connectivity index (χ0n) is 16.8. The van der Waals surface area contributed by atoms with Crippen molar-refractivity contribution >= 4 is 22.8 Å². The van der Waals surface area contributed by atoms with E-state index in [1.165, 1.54) is 10.9 Å². The molecule has 0 amide bonds. The number of benzene rings is 3. The Balaban J connectivity index is 1.69. The van der Waals surface area contributed by atoms with Gasteiger partial charge in [0.05, 0.1) is 22.8 Å². The summed E-state index contributed by atoms with van der Waals surface area (Å²) in [6, 6.07) is 23.4. The second-order valence-corrected chi connectivity index (χ2v) is 6.78. The molecule has 1 heterocycles. The number of nitrogens with zero attached hydrogens (tertiary/aromatic N) is 4. The summed E-state index contributed by atoms with van der Waals surface area (Å²) in [5.74, 6) is 0.355. The molecule has 3 aromatic carbocycles. The molecule has 7 nitrogen and oxygen atoms in total. The van der Waals surface area contributed by atoms with Gasteiger partial charge in [-0.2, -0.15) is 9.78 Å². The van der Waals surface area contributed by atoms with Crippen LogP contribution in [0.1, 0.15) is 23.9 Å². The van der Waals surface area contributed by atoms with E-state index in [2.05, 4.69) is 15.2 Å².